The van der Waals surface area contributed by atoms with Crippen molar-refractivity contribution in [2.24, 2.45) is 5.73 Å². The maximum Gasteiger partial charge on any atom is 0.358 e. The summed E-state index contributed by atoms with van der Waals surface area (Å²) in [5.74, 6) is -0.375. The second-order valence-corrected chi connectivity index (χ2v) is 8.01. The SMILES string of the molecule is CCOC(=O)c1nc(-c2ccc(-c3cc4c(NC(C)C)c(C(N)=O)cnn4c3)cc2)[nH]c1C. The average molecular weight is 447 g/mol. The molecule has 0 bridgehead atoms. The Labute approximate surface area is 191 Å². The molecule has 1 amide bonds. The second-order valence-electron chi connectivity index (χ2n) is 8.01. The van der Waals surface area contributed by atoms with Crippen LogP contribution in [0.3, 0.4) is 0 Å². The normalized spacial score (nSPS) is 11.2. The van der Waals surface area contributed by atoms with Gasteiger partial charge in [0.15, 0.2) is 5.69 Å². The third-order valence-corrected chi connectivity index (χ3v) is 5.18. The van der Waals surface area contributed by atoms with Crippen LogP contribution in [0.2, 0.25) is 0 Å². The molecule has 4 N–H and O–H groups in total. The van der Waals surface area contributed by atoms with E-state index >= 15 is 0 Å². The van der Waals surface area contributed by atoms with Gasteiger partial charge in [-0.3, -0.25) is 4.79 Å². The number of carbonyl (C=O) groups is 2. The number of fused-ring (bicyclic) bond motifs is 1. The number of imidazole rings is 1. The van der Waals surface area contributed by atoms with Crippen LogP contribution in [0.25, 0.3) is 28.0 Å². The Morgan fingerprint density at radius 3 is 2.52 bits per heavy atom. The molecule has 3 heterocycles. The number of ether oxygens (including phenoxy) is 1. The van der Waals surface area contributed by atoms with Crippen molar-refractivity contribution in [1.82, 2.24) is 19.6 Å². The Morgan fingerprint density at radius 1 is 1.18 bits per heavy atom. The number of amides is 1. The highest BCUT2D eigenvalue weighted by molar-refractivity contribution is 6.02. The second kappa shape index (κ2) is 8.78. The van der Waals surface area contributed by atoms with Crippen LogP contribution in [0, 0.1) is 6.92 Å². The van der Waals surface area contributed by atoms with Crippen molar-refractivity contribution in [1.29, 1.82) is 0 Å². The van der Waals surface area contributed by atoms with Crippen molar-refractivity contribution in [3.8, 4) is 22.5 Å². The lowest BCUT2D eigenvalue weighted by molar-refractivity contribution is 0.0519. The fourth-order valence-electron chi connectivity index (χ4n) is 3.66. The van der Waals surface area contributed by atoms with Gasteiger partial charge in [-0.05, 0) is 39.3 Å². The first-order chi connectivity index (χ1) is 15.8. The number of nitrogens with two attached hydrogens (primary N) is 1. The number of aromatic nitrogens is 4. The third-order valence-electron chi connectivity index (χ3n) is 5.18. The number of aryl methyl sites for hydroxylation is 1. The van der Waals surface area contributed by atoms with E-state index in [9.17, 15) is 9.59 Å². The highest BCUT2D eigenvalue weighted by Crippen LogP contribution is 2.30. The molecule has 0 saturated heterocycles. The van der Waals surface area contributed by atoms with Crippen LogP contribution in [0.5, 0.6) is 0 Å². The first kappa shape index (κ1) is 22.1. The highest BCUT2D eigenvalue weighted by Gasteiger charge is 2.18. The van der Waals surface area contributed by atoms with Crippen LogP contribution in [0.1, 0.15) is 47.3 Å². The van der Waals surface area contributed by atoms with Gasteiger partial charge >= 0.3 is 5.97 Å². The minimum Gasteiger partial charge on any atom is -0.461 e. The Morgan fingerprint density at radius 2 is 1.88 bits per heavy atom. The van der Waals surface area contributed by atoms with Crippen LogP contribution in [0.4, 0.5) is 5.69 Å². The predicted octanol–water partition coefficient (Wildman–Crippen LogP) is 3.80. The number of carbonyl (C=O) groups excluding carboxylic acids is 2. The van der Waals surface area contributed by atoms with Crippen LogP contribution >= 0.6 is 0 Å². The summed E-state index contributed by atoms with van der Waals surface area (Å²) in [5, 5.41) is 7.65. The number of hydrogen-bond acceptors (Lipinski definition) is 6. The number of primary amides is 1. The molecule has 0 spiro atoms. The Hall–Kier alpha value is -4.14. The molecule has 170 valence electrons. The van der Waals surface area contributed by atoms with Crippen molar-refractivity contribution < 1.29 is 14.3 Å². The number of rotatable bonds is 7. The summed E-state index contributed by atoms with van der Waals surface area (Å²) in [4.78, 5) is 31.5. The first-order valence-corrected chi connectivity index (χ1v) is 10.7. The van der Waals surface area contributed by atoms with E-state index in [0.717, 1.165) is 22.2 Å². The summed E-state index contributed by atoms with van der Waals surface area (Å²) in [6.07, 6.45) is 3.38. The number of nitrogens with one attached hydrogen (secondary N) is 2. The largest absolute Gasteiger partial charge is 0.461 e. The quantitative estimate of drug-likeness (QED) is 0.371. The predicted molar refractivity (Wildman–Crippen MR) is 126 cm³/mol. The molecule has 9 heteroatoms. The molecule has 0 saturated carbocycles. The minimum atomic E-state index is -0.531. The van der Waals surface area contributed by atoms with Crippen LogP contribution < -0.4 is 11.1 Å². The maximum atomic E-state index is 12.0. The number of H-pyrrole nitrogens is 1. The van der Waals surface area contributed by atoms with Crippen molar-refractivity contribution in [2.45, 2.75) is 33.7 Å². The van der Waals surface area contributed by atoms with E-state index < -0.39 is 11.9 Å². The fourth-order valence-corrected chi connectivity index (χ4v) is 3.66. The van der Waals surface area contributed by atoms with Crippen molar-refractivity contribution in [2.75, 3.05) is 11.9 Å². The third kappa shape index (κ3) is 4.30. The summed E-state index contributed by atoms with van der Waals surface area (Å²) in [6.45, 7) is 7.84. The summed E-state index contributed by atoms with van der Waals surface area (Å²) < 4.78 is 6.78. The van der Waals surface area contributed by atoms with Gasteiger partial charge in [-0.15, -0.1) is 0 Å². The molecule has 33 heavy (non-hydrogen) atoms. The smallest absolute Gasteiger partial charge is 0.358 e. The van der Waals surface area contributed by atoms with Gasteiger partial charge in [0, 0.05) is 29.1 Å². The topological polar surface area (TPSA) is 127 Å². The Balaban J connectivity index is 1.68. The van der Waals surface area contributed by atoms with Crippen LogP contribution in [-0.2, 0) is 4.74 Å². The van der Waals surface area contributed by atoms with Gasteiger partial charge in [0.25, 0.3) is 5.91 Å². The van der Waals surface area contributed by atoms with E-state index in [4.69, 9.17) is 10.5 Å². The molecule has 4 rings (SSSR count). The molecular formula is C24H26N6O3. The molecule has 4 aromatic rings. The number of anilines is 1. The average Bonchev–Trinajstić information content (AvgIpc) is 3.38. The lowest BCUT2D eigenvalue weighted by atomic mass is 10.1. The molecule has 0 radical (unpaired) electrons. The lowest BCUT2D eigenvalue weighted by Gasteiger charge is -2.14. The van der Waals surface area contributed by atoms with E-state index in [1.54, 1.807) is 18.4 Å². The minimum absolute atomic E-state index is 0.114. The van der Waals surface area contributed by atoms with E-state index in [1.165, 1.54) is 6.20 Å². The van der Waals surface area contributed by atoms with Gasteiger partial charge in [0.05, 0.1) is 29.6 Å². The zero-order valence-corrected chi connectivity index (χ0v) is 19.0. The zero-order valence-electron chi connectivity index (χ0n) is 19.0. The molecule has 0 unspecified atom stereocenters. The Kier molecular flexibility index (Phi) is 5.87. The van der Waals surface area contributed by atoms with E-state index in [-0.39, 0.29) is 11.7 Å². The number of hydrogen-bond donors (Lipinski definition) is 3. The monoisotopic (exact) mass is 446 g/mol. The van der Waals surface area contributed by atoms with Crippen LogP contribution in [0.15, 0.2) is 42.7 Å². The molecule has 9 nitrogen and oxygen atoms in total. The summed E-state index contributed by atoms with van der Waals surface area (Å²) in [7, 11) is 0. The number of esters is 1. The van der Waals surface area contributed by atoms with Crippen molar-refractivity contribution >= 4 is 23.1 Å². The van der Waals surface area contributed by atoms with Crippen molar-refractivity contribution in [3.63, 3.8) is 0 Å². The van der Waals surface area contributed by atoms with E-state index in [0.29, 0.717) is 29.4 Å². The number of nitrogens with zero attached hydrogens (tertiary/aromatic N) is 3. The molecule has 0 aliphatic heterocycles. The van der Waals surface area contributed by atoms with E-state index in [2.05, 4.69) is 20.4 Å². The van der Waals surface area contributed by atoms with E-state index in [1.807, 2.05) is 50.4 Å². The zero-order chi connectivity index (χ0) is 23.7. The van der Waals surface area contributed by atoms with Gasteiger partial charge < -0.3 is 20.8 Å². The molecule has 0 atom stereocenters. The van der Waals surface area contributed by atoms with Crippen molar-refractivity contribution in [3.05, 3.63) is 59.7 Å². The van der Waals surface area contributed by atoms with Gasteiger partial charge in [-0.2, -0.15) is 5.10 Å². The Bertz CT molecular complexity index is 1330. The first-order valence-electron chi connectivity index (χ1n) is 10.7. The summed E-state index contributed by atoms with van der Waals surface area (Å²) in [6, 6.07) is 9.88. The summed E-state index contributed by atoms with van der Waals surface area (Å²) in [5.41, 5.74) is 11.0. The lowest BCUT2D eigenvalue weighted by Crippen LogP contribution is -2.19. The fraction of sp³-hybridized carbons (Fsp3) is 0.250. The molecular weight excluding hydrogens is 420 g/mol. The molecule has 3 aromatic heterocycles. The molecule has 0 fully saturated rings. The van der Waals surface area contributed by atoms with Gasteiger partial charge in [-0.25, -0.2) is 14.3 Å². The molecule has 0 aliphatic carbocycles. The van der Waals surface area contributed by atoms with Gasteiger partial charge in [-0.1, -0.05) is 24.3 Å². The van der Waals surface area contributed by atoms with Crippen LogP contribution in [-0.4, -0.2) is 44.1 Å². The highest BCUT2D eigenvalue weighted by atomic mass is 16.5. The number of benzene rings is 1. The maximum absolute atomic E-state index is 12.0. The standard InChI is InChI=1S/C24H26N6O3/c1-5-33-24(32)20-14(4)28-23(29-20)16-8-6-15(7-9-16)17-10-19-21(27-13(2)3)18(22(25)31)11-26-30(19)12-17/h6-13,27H,5H2,1-4H3,(H2,25,31)(H,28,29). The molecule has 1 aromatic carbocycles. The van der Waals surface area contributed by atoms with Gasteiger partial charge in [0.1, 0.15) is 5.82 Å². The molecule has 0 aliphatic rings. The summed E-state index contributed by atoms with van der Waals surface area (Å²) >= 11 is 0. The van der Waals surface area contributed by atoms with Gasteiger partial charge in [0.2, 0.25) is 0 Å². The number of aromatic amines is 1.